The summed E-state index contributed by atoms with van der Waals surface area (Å²) in [5.41, 5.74) is 2.97. The standard InChI is InChI=1S/C13H11N3/c1-16-12(10-6-3-2-4-7-10)15-11-8-5-9-14-13(11)16/h2-9H,1H3. The van der Waals surface area contributed by atoms with Crippen molar-refractivity contribution in [3.63, 3.8) is 0 Å². The number of aromatic nitrogens is 3. The maximum atomic E-state index is 4.58. The lowest BCUT2D eigenvalue weighted by atomic mass is 10.2. The molecule has 3 nitrogen and oxygen atoms in total. The van der Waals surface area contributed by atoms with Crippen LogP contribution < -0.4 is 0 Å². The molecule has 0 aliphatic carbocycles. The number of nitrogens with zero attached hydrogens (tertiary/aromatic N) is 3. The predicted octanol–water partition coefficient (Wildman–Crippen LogP) is 2.64. The Morgan fingerprint density at radius 2 is 1.81 bits per heavy atom. The van der Waals surface area contributed by atoms with Crippen molar-refractivity contribution in [3.8, 4) is 11.4 Å². The van der Waals surface area contributed by atoms with E-state index in [1.807, 2.05) is 41.9 Å². The van der Waals surface area contributed by atoms with Crippen molar-refractivity contribution in [1.29, 1.82) is 0 Å². The van der Waals surface area contributed by atoms with E-state index in [-0.39, 0.29) is 0 Å². The zero-order valence-electron chi connectivity index (χ0n) is 8.96. The second-order valence-electron chi connectivity index (χ2n) is 3.71. The fourth-order valence-corrected chi connectivity index (χ4v) is 1.87. The maximum Gasteiger partial charge on any atom is 0.159 e. The Hall–Kier alpha value is -2.16. The monoisotopic (exact) mass is 209 g/mol. The molecule has 0 N–H and O–H groups in total. The summed E-state index contributed by atoms with van der Waals surface area (Å²) in [6.07, 6.45) is 1.79. The van der Waals surface area contributed by atoms with E-state index in [1.165, 1.54) is 0 Å². The molecule has 0 aliphatic heterocycles. The van der Waals surface area contributed by atoms with E-state index in [2.05, 4.69) is 22.1 Å². The zero-order chi connectivity index (χ0) is 11.0. The fourth-order valence-electron chi connectivity index (χ4n) is 1.87. The van der Waals surface area contributed by atoms with Gasteiger partial charge in [0.2, 0.25) is 0 Å². The van der Waals surface area contributed by atoms with Gasteiger partial charge in [-0.15, -0.1) is 0 Å². The molecular weight excluding hydrogens is 198 g/mol. The summed E-state index contributed by atoms with van der Waals surface area (Å²) in [5.74, 6) is 0.953. The van der Waals surface area contributed by atoms with Crippen LogP contribution in [0.5, 0.6) is 0 Å². The molecular formula is C13H11N3. The lowest BCUT2D eigenvalue weighted by Crippen LogP contribution is -1.93. The summed E-state index contributed by atoms with van der Waals surface area (Å²) in [4.78, 5) is 8.91. The summed E-state index contributed by atoms with van der Waals surface area (Å²) in [5, 5.41) is 0. The van der Waals surface area contributed by atoms with Gasteiger partial charge < -0.3 is 4.57 Å². The van der Waals surface area contributed by atoms with Gasteiger partial charge in [0.1, 0.15) is 11.3 Å². The Labute approximate surface area is 93.4 Å². The maximum absolute atomic E-state index is 4.58. The SMILES string of the molecule is Cn1c(-c2ccccc2)nc2cccnc21. The Morgan fingerprint density at radius 3 is 2.56 bits per heavy atom. The van der Waals surface area contributed by atoms with Crippen molar-refractivity contribution in [2.24, 2.45) is 7.05 Å². The highest BCUT2D eigenvalue weighted by Crippen LogP contribution is 2.21. The van der Waals surface area contributed by atoms with Gasteiger partial charge in [-0.2, -0.15) is 0 Å². The molecule has 2 heterocycles. The minimum Gasteiger partial charge on any atom is -0.312 e. The summed E-state index contributed by atoms with van der Waals surface area (Å²) in [6, 6.07) is 14.0. The number of aryl methyl sites for hydroxylation is 1. The van der Waals surface area contributed by atoms with Crippen LogP contribution in [0.2, 0.25) is 0 Å². The predicted molar refractivity (Wildman–Crippen MR) is 63.9 cm³/mol. The van der Waals surface area contributed by atoms with Gasteiger partial charge in [-0.05, 0) is 12.1 Å². The highest BCUT2D eigenvalue weighted by molar-refractivity contribution is 5.76. The molecule has 3 aromatic rings. The van der Waals surface area contributed by atoms with Crippen LogP contribution in [0, 0.1) is 0 Å². The highest BCUT2D eigenvalue weighted by atomic mass is 15.1. The largest absolute Gasteiger partial charge is 0.312 e. The molecule has 0 saturated heterocycles. The van der Waals surface area contributed by atoms with E-state index < -0.39 is 0 Å². The lowest BCUT2D eigenvalue weighted by molar-refractivity contribution is 0.942. The van der Waals surface area contributed by atoms with Crippen LogP contribution >= 0.6 is 0 Å². The van der Waals surface area contributed by atoms with Crippen LogP contribution in [0.4, 0.5) is 0 Å². The molecule has 1 aromatic carbocycles. The Kier molecular flexibility index (Phi) is 1.96. The number of benzene rings is 1. The average molecular weight is 209 g/mol. The van der Waals surface area contributed by atoms with Crippen molar-refractivity contribution in [2.75, 3.05) is 0 Å². The van der Waals surface area contributed by atoms with Crippen LogP contribution in [0.3, 0.4) is 0 Å². The molecule has 0 bridgehead atoms. The molecule has 0 spiro atoms. The summed E-state index contributed by atoms with van der Waals surface area (Å²) < 4.78 is 2.02. The quantitative estimate of drug-likeness (QED) is 0.616. The van der Waals surface area contributed by atoms with Gasteiger partial charge in [0.05, 0.1) is 0 Å². The smallest absolute Gasteiger partial charge is 0.159 e. The zero-order valence-corrected chi connectivity index (χ0v) is 8.96. The normalized spacial score (nSPS) is 10.8. The Morgan fingerprint density at radius 1 is 1.00 bits per heavy atom. The Balaban J connectivity index is 2.29. The number of imidazole rings is 1. The van der Waals surface area contributed by atoms with Crippen molar-refractivity contribution >= 4 is 11.2 Å². The molecule has 0 aliphatic rings. The third-order valence-electron chi connectivity index (χ3n) is 2.66. The fraction of sp³-hybridized carbons (Fsp3) is 0.0769. The van der Waals surface area contributed by atoms with Gasteiger partial charge in [0.15, 0.2) is 5.65 Å². The van der Waals surface area contributed by atoms with Crippen LogP contribution in [-0.4, -0.2) is 14.5 Å². The molecule has 0 atom stereocenters. The number of pyridine rings is 1. The topological polar surface area (TPSA) is 30.7 Å². The lowest BCUT2D eigenvalue weighted by Gasteiger charge is -2.00. The number of rotatable bonds is 1. The molecule has 0 radical (unpaired) electrons. The molecule has 3 heteroatoms. The van der Waals surface area contributed by atoms with Crippen LogP contribution in [0.1, 0.15) is 0 Å². The van der Waals surface area contributed by atoms with Gasteiger partial charge in [-0.25, -0.2) is 9.97 Å². The van der Waals surface area contributed by atoms with E-state index in [0.29, 0.717) is 0 Å². The van der Waals surface area contributed by atoms with Crippen LogP contribution in [-0.2, 0) is 7.05 Å². The average Bonchev–Trinajstić information content (AvgIpc) is 2.69. The molecule has 78 valence electrons. The van der Waals surface area contributed by atoms with Crippen molar-refractivity contribution in [3.05, 3.63) is 48.7 Å². The van der Waals surface area contributed by atoms with E-state index in [1.54, 1.807) is 6.20 Å². The summed E-state index contributed by atoms with van der Waals surface area (Å²) >= 11 is 0. The molecule has 0 fully saturated rings. The molecule has 0 unspecified atom stereocenters. The summed E-state index contributed by atoms with van der Waals surface area (Å²) in [7, 11) is 1.99. The second-order valence-corrected chi connectivity index (χ2v) is 3.71. The number of hydrogen-bond acceptors (Lipinski definition) is 2. The highest BCUT2D eigenvalue weighted by Gasteiger charge is 2.08. The van der Waals surface area contributed by atoms with Gasteiger partial charge >= 0.3 is 0 Å². The van der Waals surface area contributed by atoms with Gasteiger partial charge in [-0.3, -0.25) is 0 Å². The molecule has 16 heavy (non-hydrogen) atoms. The van der Waals surface area contributed by atoms with Gasteiger partial charge in [-0.1, -0.05) is 30.3 Å². The van der Waals surface area contributed by atoms with Crippen molar-refractivity contribution < 1.29 is 0 Å². The third kappa shape index (κ3) is 1.29. The molecule has 2 aromatic heterocycles. The van der Waals surface area contributed by atoms with E-state index in [0.717, 1.165) is 22.6 Å². The molecule has 0 amide bonds. The summed E-state index contributed by atoms with van der Waals surface area (Å²) in [6.45, 7) is 0. The van der Waals surface area contributed by atoms with E-state index in [9.17, 15) is 0 Å². The third-order valence-corrected chi connectivity index (χ3v) is 2.66. The van der Waals surface area contributed by atoms with Gasteiger partial charge in [0, 0.05) is 18.8 Å². The first-order valence-corrected chi connectivity index (χ1v) is 5.19. The van der Waals surface area contributed by atoms with Crippen LogP contribution in [0.15, 0.2) is 48.7 Å². The first kappa shape index (κ1) is 9.09. The van der Waals surface area contributed by atoms with E-state index >= 15 is 0 Å². The number of fused-ring (bicyclic) bond motifs is 1. The Bertz CT molecular complexity index is 626. The second kappa shape index (κ2) is 3.45. The minimum atomic E-state index is 0.918. The number of hydrogen-bond donors (Lipinski definition) is 0. The van der Waals surface area contributed by atoms with Crippen molar-refractivity contribution in [2.45, 2.75) is 0 Å². The van der Waals surface area contributed by atoms with Crippen molar-refractivity contribution in [1.82, 2.24) is 14.5 Å². The van der Waals surface area contributed by atoms with Gasteiger partial charge in [0.25, 0.3) is 0 Å². The minimum absolute atomic E-state index is 0.918. The van der Waals surface area contributed by atoms with Crippen LogP contribution in [0.25, 0.3) is 22.6 Å². The van der Waals surface area contributed by atoms with E-state index in [4.69, 9.17) is 0 Å². The molecule has 0 saturated carbocycles. The molecule has 3 rings (SSSR count). The first-order chi connectivity index (χ1) is 7.86. The first-order valence-electron chi connectivity index (χ1n) is 5.19.